The lowest BCUT2D eigenvalue weighted by atomic mass is 9.99. The number of nitrogens with zero attached hydrogens (tertiary/aromatic N) is 2. The van der Waals surface area contributed by atoms with Crippen LogP contribution in [0.25, 0.3) is 0 Å². The van der Waals surface area contributed by atoms with Crippen LogP contribution in [0.5, 0.6) is 0 Å². The number of aromatic nitrogens is 1. The van der Waals surface area contributed by atoms with E-state index < -0.39 is 0 Å². The summed E-state index contributed by atoms with van der Waals surface area (Å²) in [6.07, 6.45) is 5.96. The first-order chi connectivity index (χ1) is 7.34. The summed E-state index contributed by atoms with van der Waals surface area (Å²) in [7, 11) is 0. The van der Waals surface area contributed by atoms with Gasteiger partial charge in [-0.05, 0) is 31.8 Å². The highest BCUT2D eigenvalue weighted by molar-refractivity contribution is 4.81. The van der Waals surface area contributed by atoms with Gasteiger partial charge in [-0.2, -0.15) is 0 Å². The van der Waals surface area contributed by atoms with Crippen molar-refractivity contribution in [3.8, 4) is 0 Å². The van der Waals surface area contributed by atoms with E-state index in [2.05, 4.69) is 16.8 Å². The molecule has 0 unspecified atom stereocenters. The quantitative estimate of drug-likeness (QED) is 0.751. The van der Waals surface area contributed by atoms with Crippen molar-refractivity contribution in [1.82, 2.24) is 9.88 Å². The molecule has 1 aromatic rings. The molecule has 0 radical (unpaired) electrons. The molecule has 0 aromatic carbocycles. The Kier molecular flexibility index (Phi) is 5.40. The standard InChI is InChI=1S/C10H16N2O.C2H6/c1-9-2-5-12(6-3-9)8-10-11-4-7-13-10;1-2/h4,7,9H,2-3,5-6,8H2,1H3;1-2H3. The number of hydrogen-bond donors (Lipinski definition) is 0. The van der Waals surface area contributed by atoms with Crippen LogP contribution in [-0.4, -0.2) is 23.0 Å². The highest BCUT2D eigenvalue weighted by Crippen LogP contribution is 2.17. The molecule has 2 heterocycles. The third-order valence-corrected chi connectivity index (χ3v) is 2.72. The third kappa shape index (κ3) is 4.04. The van der Waals surface area contributed by atoms with Crippen molar-refractivity contribution in [2.45, 2.75) is 40.2 Å². The Morgan fingerprint density at radius 1 is 1.40 bits per heavy atom. The van der Waals surface area contributed by atoms with Gasteiger partial charge in [0.25, 0.3) is 0 Å². The van der Waals surface area contributed by atoms with E-state index in [1.807, 2.05) is 13.8 Å². The molecule has 1 fully saturated rings. The molecule has 86 valence electrons. The van der Waals surface area contributed by atoms with Gasteiger partial charge in [-0.3, -0.25) is 4.90 Å². The summed E-state index contributed by atoms with van der Waals surface area (Å²) in [5, 5.41) is 0. The fourth-order valence-corrected chi connectivity index (χ4v) is 1.74. The van der Waals surface area contributed by atoms with Crippen LogP contribution in [0.4, 0.5) is 0 Å². The molecule has 15 heavy (non-hydrogen) atoms. The Morgan fingerprint density at radius 3 is 2.60 bits per heavy atom. The van der Waals surface area contributed by atoms with Gasteiger partial charge >= 0.3 is 0 Å². The number of likely N-dealkylation sites (tertiary alicyclic amines) is 1. The van der Waals surface area contributed by atoms with Gasteiger partial charge in [-0.25, -0.2) is 4.98 Å². The van der Waals surface area contributed by atoms with Crippen molar-refractivity contribution in [3.63, 3.8) is 0 Å². The van der Waals surface area contributed by atoms with E-state index in [0.717, 1.165) is 18.4 Å². The second-order valence-electron chi connectivity index (χ2n) is 3.88. The average Bonchev–Trinajstić information content (AvgIpc) is 2.77. The SMILES string of the molecule is CC.CC1CCN(Cc2ncco2)CC1. The summed E-state index contributed by atoms with van der Waals surface area (Å²) < 4.78 is 5.21. The Bertz CT molecular complexity index is 238. The van der Waals surface area contributed by atoms with Gasteiger partial charge in [-0.1, -0.05) is 20.8 Å². The monoisotopic (exact) mass is 210 g/mol. The van der Waals surface area contributed by atoms with Crippen molar-refractivity contribution in [2.24, 2.45) is 5.92 Å². The zero-order valence-electron chi connectivity index (χ0n) is 10.1. The van der Waals surface area contributed by atoms with Crippen LogP contribution in [0.1, 0.15) is 39.5 Å². The summed E-state index contributed by atoms with van der Waals surface area (Å²) in [6, 6.07) is 0. The van der Waals surface area contributed by atoms with E-state index in [-0.39, 0.29) is 0 Å². The fraction of sp³-hybridized carbons (Fsp3) is 0.750. The second kappa shape index (κ2) is 6.62. The summed E-state index contributed by atoms with van der Waals surface area (Å²) >= 11 is 0. The van der Waals surface area contributed by atoms with Crippen molar-refractivity contribution >= 4 is 0 Å². The highest BCUT2D eigenvalue weighted by atomic mass is 16.3. The molecule has 0 spiro atoms. The van der Waals surface area contributed by atoms with Gasteiger partial charge in [0.15, 0.2) is 0 Å². The van der Waals surface area contributed by atoms with Crippen molar-refractivity contribution in [2.75, 3.05) is 13.1 Å². The maximum atomic E-state index is 5.21. The van der Waals surface area contributed by atoms with Gasteiger partial charge in [-0.15, -0.1) is 0 Å². The van der Waals surface area contributed by atoms with E-state index >= 15 is 0 Å². The number of piperidine rings is 1. The number of hydrogen-bond acceptors (Lipinski definition) is 3. The van der Waals surface area contributed by atoms with Crippen LogP contribution >= 0.6 is 0 Å². The summed E-state index contributed by atoms with van der Waals surface area (Å²) in [5.41, 5.74) is 0. The van der Waals surface area contributed by atoms with Crippen LogP contribution in [0.3, 0.4) is 0 Å². The number of rotatable bonds is 2. The van der Waals surface area contributed by atoms with E-state index in [1.165, 1.54) is 25.9 Å². The third-order valence-electron chi connectivity index (χ3n) is 2.72. The maximum Gasteiger partial charge on any atom is 0.208 e. The van der Waals surface area contributed by atoms with Gasteiger partial charge in [0.05, 0.1) is 12.7 Å². The van der Waals surface area contributed by atoms with Crippen molar-refractivity contribution in [1.29, 1.82) is 0 Å². The topological polar surface area (TPSA) is 29.3 Å². The Hall–Kier alpha value is -0.830. The molecule has 0 saturated carbocycles. The van der Waals surface area contributed by atoms with Crippen LogP contribution in [-0.2, 0) is 6.54 Å². The molecule has 0 atom stereocenters. The Labute approximate surface area is 92.5 Å². The van der Waals surface area contributed by atoms with Crippen LogP contribution < -0.4 is 0 Å². The molecule has 0 bridgehead atoms. The molecular weight excluding hydrogens is 188 g/mol. The molecule has 1 aromatic heterocycles. The first-order valence-corrected chi connectivity index (χ1v) is 5.95. The lowest BCUT2D eigenvalue weighted by Crippen LogP contribution is -2.32. The Balaban J connectivity index is 0.000000531. The molecule has 1 aliphatic heterocycles. The average molecular weight is 210 g/mol. The van der Waals surface area contributed by atoms with Crippen molar-refractivity contribution < 1.29 is 4.42 Å². The molecule has 1 saturated heterocycles. The van der Waals surface area contributed by atoms with E-state index in [1.54, 1.807) is 12.5 Å². The summed E-state index contributed by atoms with van der Waals surface area (Å²) in [6.45, 7) is 9.56. The molecular formula is C12H22N2O. The maximum absolute atomic E-state index is 5.21. The van der Waals surface area contributed by atoms with Crippen LogP contribution in [0.2, 0.25) is 0 Å². The number of oxazole rings is 1. The molecule has 1 aliphatic rings. The molecule has 0 amide bonds. The Morgan fingerprint density at radius 2 is 2.07 bits per heavy atom. The molecule has 2 rings (SSSR count). The predicted octanol–water partition coefficient (Wildman–Crippen LogP) is 2.93. The minimum absolute atomic E-state index is 0.842. The van der Waals surface area contributed by atoms with Gasteiger partial charge < -0.3 is 4.42 Å². The molecule has 3 nitrogen and oxygen atoms in total. The summed E-state index contributed by atoms with van der Waals surface area (Å²) in [5.74, 6) is 1.73. The lowest BCUT2D eigenvalue weighted by molar-refractivity contribution is 0.171. The zero-order valence-corrected chi connectivity index (χ0v) is 10.1. The van der Waals surface area contributed by atoms with E-state index in [4.69, 9.17) is 4.42 Å². The van der Waals surface area contributed by atoms with E-state index in [9.17, 15) is 0 Å². The van der Waals surface area contributed by atoms with Gasteiger partial charge in [0.1, 0.15) is 6.26 Å². The molecule has 0 N–H and O–H groups in total. The first-order valence-electron chi connectivity index (χ1n) is 5.95. The van der Waals surface area contributed by atoms with Crippen LogP contribution in [0, 0.1) is 5.92 Å². The normalized spacial score (nSPS) is 18.3. The molecule has 3 heteroatoms. The fourth-order valence-electron chi connectivity index (χ4n) is 1.74. The lowest BCUT2D eigenvalue weighted by Gasteiger charge is -2.28. The first kappa shape index (κ1) is 12.2. The smallest absolute Gasteiger partial charge is 0.208 e. The van der Waals surface area contributed by atoms with Crippen molar-refractivity contribution in [3.05, 3.63) is 18.4 Å². The second-order valence-corrected chi connectivity index (χ2v) is 3.88. The van der Waals surface area contributed by atoms with Crippen LogP contribution in [0.15, 0.2) is 16.9 Å². The van der Waals surface area contributed by atoms with E-state index in [0.29, 0.717) is 0 Å². The predicted molar refractivity (Wildman–Crippen MR) is 61.5 cm³/mol. The zero-order chi connectivity index (χ0) is 11.1. The minimum atomic E-state index is 0.842. The van der Waals surface area contributed by atoms with Gasteiger partial charge in [0.2, 0.25) is 5.89 Å². The molecule has 0 aliphatic carbocycles. The highest BCUT2D eigenvalue weighted by Gasteiger charge is 2.16. The van der Waals surface area contributed by atoms with Gasteiger partial charge in [0, 0.05) is 0 Å². The summed E-state index contributed by atoms with van der Waals surface area (Å²) in [4.78, 5) is 6.53. The minimum Gasteiger partial charge on any atom is -0.448 e. The largest absolute Gasteiger partial charge is 0.448 e.